The molecule has 36 heavy (non-hydrogen) atoms. The molecule has 2 amide bonds. The second-order valence-corrected chi connectivity index (χ2v) is 8.39. The predicted molar refractivity (Wildman–Crippen MR) is 132 cm³/mol. The molecule has 0 aliphatic carbocycles. The van der Waals surface area contributed by atoms with E-state index >= 15 is 0 Å². The lowest BCUT2D eigenvalue weighted by atomic mass is 10.0. The highest BCUT2D eigenvalue weighted by Crippen LogP contribution is 2.30. The van der Waals surface area contributed by atoms with Gasteiger partial charge in [0, 0.05) is 30.8 Å². The molecule has 2 aromatic carbocycles. The monoisotopic (exact) mass is 481 g/mol. The smallest absolute Gasteiger partial charge is 0.287 e. The predicted octanol–water partition coefficient (Wildman–Crippen LogP) is 2.26. The van der Waals surface area contributed by atoms with E-state index in [9.17, 15) is 14.4 Å². The molecule has 1 atom stereocenters. The topological polar surface area (TPSA) is 129 Å². The molecule has 3 N–H and O–H groups in total. The average molecular weight is 482 g/mol. The number of ketones is 1. The van der Waals surface area contributed by atoms with Crippen molar-refractivity contribution in [1.82, 2.24) is 20.1 Å². The van der Waals surface area contributed by atoms with Crippen LogP contribution in [0.25, 0.3) is 17.1 Å². The SMILES string of the molecule is NC(=O)C(=O)C(Cc1ccccc1)NC(=O)c1cccnc1-n1ccc(-c2ccc3c(c2)CCO3)n1. The second-order valence-electron chi connectivity index (χ2n) is 8.39. The van der Waals surface area contributed by atoms with Gasteiger partial charge in [-0.25, -0.2) is 9.67 Å². The van der Waals surface area contributed by atoms with E-state index in [-0.39, 0.29) is 17.8 Å². The van der Waals surface area contributed by atoms with Crippen LogP contribution in [0.15, 0.2) is 79.1 Å². The zero-order chi connectivity index (χ0) is 25.1. The summed E-state index contributed by atoms with van der Waals surface area (Å²) < 4.78 is 7.08. The second kappa shape index (κ2) is 9.83. The molecular weight excluding hydrogens is 458 g/mol. The van der Waals surface area contributed by atoms with E-state index in [4.69, 9.17) is 10.5 Å². The van der Waals surface area contributed by atoms with Crippen molar-refractivity contribution in [2.24, 2.45) is 5.73 Å². The molecule has 9 heteroatoms. The van der Waals surface area contributed by atoms with Crippen molar-refractivity contribution < 1.29 is 19.1 Å². The highest BCUT2D eigenvalue weighted by atomic mass is 16.5. The molecule has 0 spiro atoms. The fourth-order valence-electron chi connectivity index (χ4n) is 4.17. The fraction of sp³-hybridized carbons (Fsp3) is 0.148. The highest BCUT2D eigenvalue weighted by molar-refractivity contribution is 6.38. The first kappa shape index (κ1) is 23.0. The first-order valence-electron chi connectivity index (χ1n) is 11.4. The third-order valence-electron chi connectivity index (χ3n) is 5.97. The fourth-order valence-corrected chi connectivity index (χ4v) is 4.17. The third-order valence-corrected chi connectivity index (χ3v) is 5.97. The van der Waals surface area contributed by atoms with Crippen LogP contribution in [0.2, 0.25) is 0 Å². The number of amides is 2. The number of ether oxygens (including phenoxy) is 1. The molecule has 2 aromatic heterocycles. The number of carbonyl (C=O) groups excluding carboxylic acids is 3. The molecule has 1 aliphatic heterocycles. The molecule has 9 nitrogen and oxygen atoms in total. The Morgan fingerprint density at radius 3 is 2.69 bits per heavy atom. The Labute approximate surface area is 206 Å². The summed E-state index contributed by atoms with van der Waals surface area (Å²) in [6.07, 6.45) is 4.24. The quantitative estimate of drug-likeness (QED) is 0.372. The maximum atomic E-state index is 13.3. The first-order valence-corrected chi connectivity index (χ1v) is 11.4. The number of primary amides is 1. The number of pyridine rings is 1. The molecule has 3 heterocycles. The van der Waals surface area contributed by atoms with E-state index in [0.29, 0.717) is 12.3 Å². The number of nitrogens with zero attached hydrogens (tertiary/aromatic N) is 3. The molecule has 0 fully saturated rings. The van der Waals surface area contributed by atoms with Crippen molar-refractivity contribution in [3.63, 3.8) is 0 Å². The van der Waals surface area contributed by atoms with Crippen molar-refractivity contribution >= 4 is 17.6 Å². The van der Waals surface area contributed by atoms with E-state index in [1.165, 1.54) is 4.68 Å². The summed E-state index contributed by atoms with van der Waals surface area (Å²) in [5.74, 6) is -1.38. The number of nitrogens with one attached hydrogen (secondary N) is 1. The van der Waals surface area contributed by atoms with E-state index in [2.05, 4.69) is 15.4 Å². The van der Waals surface area contributed by atoms with Crippen LogP contribution in [0.5, 0.6) is 5.75 Å². The van der Waals surface area contributed by atoms with Gasteiger partial charge in [0.05, 0.1) is 17.9 Å². The van der Waals surface area contributed by atoms with Gasteiger partial charge in [-0.05, 0) is 47.5 Å². The van der Waals surface area contributed by atoms with Crippen molar-refractivity contribution in [2.45, 2.75) is 18.9 Å². The molecular formula is C27H23N5O4. The number of Topliss-reactive ketones (excluding diaryl/α,β-unsaturated/α-hetero) is 1. The summed E-state index contributed by atoms with van der Waals surface area (Å²) >= 11 is 0. The Kier molecular flexibility index (Phi) is 6.27. The number of carbonyl (C=O) groups is 3. The zero-order valence-electron chi connectivity index (χ0n) is 19.3. The first-order chi connectivity index (χ1) is 17.5. The summed E-state index contributed by atoms with van der Waals surface area (Å²) in [6.45, 7) is 0.670. The molecule has 1 unspecified atom stereocenters. The Bertz CT molecular complexity index is 1450. The van der Waals surface area contributed by atoms with Gasteiger partial charge in [0.15, 0.2) is 5.82 Å². The lowest BCUT2D eigenvalue weighted by molar-refractivity contribution is -0.137. The minimum Gasteiger partial charge on any atom is -0.493 e. The van der Waals surface area contributed by atoms with E-state index in [1.54, 1.807) is 36.7 Å². The van der Waals surface area contributed by atoms with Gasteiger partial charge in [0.1, 0.15) is 11.8 Å². The summed E-state index contributed by atoms with van der Waals surface area (Å²) in [4.78, 5) is 41.7. The van der Waals surface area contributed by atoms with E-state index in [0.717, 1.165) is 28.9 Å². The molecule has 180 valence electrons. The molecule has 0 bridgehead atoms. The van der Waals surface area contributed by atoms with Crippen LogP contribution in [0, 0.1) is 0 Å². The van der Waals surface area contributed by atoms with Crippen LogP contribution < -0.4 is 15.8 Å². The van der Waals surface area contributed by atoms with Crippen LogP contribution in [0.4, 0.5) is 0 Å². The van der Waals surface area contributed by atoms with Crippen LogP contribution in [-0.2, 0) is 22.4 Å². The molecule has 0 saturated heterocycles. The van der Waals surface area contributed by atoms with Crippen molar-refractivity contribution in [3.8, 4) is 22.8 Å². The maximum Gasteiger partial charge on any atom is 0.287 e. The largest absolute Gasteiger partial charge is 0.493 e. The molecule has 4 aromatic rings. The summed E-state index contributed by atoms with van der Waals surface area (Å²) in [6, 6.07) is 18.9. The van der Waals surface area contributed by atoms with Gasteiger partial charge in [-0.1, -0.05) is 30.3 Å². The van der Waals surface area contributed by atoms with Crippen molar-refractivity contribution in [2.75, 3.05) is 6.61 Å². The van der Waals surface area contributed by atoms with Gasteiger partial charge >= 0.3 is 0 Å². The Morgan fingerprint density at radius 1 is 1.06 bits per heavy atom. The summed E-state index contributed by atoms with van der Waals surface area (Å²) in [7, 11) is 0. The lowest BCUT2D eigenvalue weighted by Gasteiger charge is -2.17. The molecule has 5 rings (SSSR count). The van der Waals surface area contributed by atoms with Crippen molar-refractivity contribution in [1.29, 1.82) is 0 Å². The van der Waals surface area contributed by atoms with Gasteiger partial charge in [0.2, 0.25) is 5.78 Å². The number of nitrogens with two attached hydrogens (primary N) is 1. The molecule has 0 saturated carbocycles. The number of rotatable bonds is 8. The number of hydrogen-bond acceptors (Lipinski definition) is 6. The minimum absolute atomic E-state index is 0.123. The van der Waals surface area contributed by atoms with Crippen LogP contribution in [-0.4, -0.2) is 45.0 Å². The Balaban J connectivity index is 1.41. The zero-order valence-corrected chi connectivity index (χ0v) is 19.3. The number of aromatic nitrogens is 3. The van der Waals surface area contributed by atoms with Crippen LogP contribution >= 0.6 is 0 Å². The highest BCUT2D eigenvalue weighted by Gasteiger charge is 2.27. The molecule has 1 aliphatic rings. The Hall–Kier alpha value is -4.79. The summed E-state index contributed by atoms with van der Waals surface area (Å²) in [5, 5.41) is 7.28. The van der Waals surface area contributed by atoms with Gasteiger partial charge in [0.25, 0.3) is 11.8 Å². The van der Waals surface area contributed by atoms with Crippen molar-refractivity contribution in [3.05, 3.63) is 95.8 Å². The number of hydrogen-bond donors (Lipinski definition) is 2. The van der Waals surface area contributed by atoms with E-state index < -0.39 is 23.6 Å². The number of benzene rings is 2. The maximum absolute atomic E-state index is 13.3. The minimum atomic E-state index is -1.12. The normalized spacial score (nSPS) is 12.9. The summed E-state index contributed by atoms with van der Waals surface area (Å²) in [5.41, 5.74) is 8.99. The van der Waals surface area contributed by atoms with Gasteiger partial charge < -0.3 is 15.8 Å². The number of fused-ring (bicyclic) bond motifs is 1. The van der Waals surface area contributed by atoms with E-state index in [1.807, 2.05) is 42.5 Å². The van der Waals surface area contributed by atoms with Crippen LogP contribution in [0.3, 0.4) is 0 Å². The van der Waals surface area contributed by atoms with Crippen LogP contribution in [0.1, 0.15) is 21.5 Å². The molecule has 0 radical (unpaired) electrons. The van der Waals surface area contributed by atoms with Gasteiger partial charge in [-0.15, -0.1) is 0 Å². The Morgan fingerprint density at radius 2 is 1.89 bits per heavy atom. The standard InChI is InChI=1S/C27H23N5O4/c28-25(34)24(33)22(15-17-5-2-1-3-6-17)30-27(35)20-7-4-12-29-26(20)32-13-10-21(31-32)18-8-9-23-19(16-18)11-14-36-23/h1-10,12-13,16,22H,11,14-15H2,(H2,28,34)(H,30,35). The third kappa shape index (κ3) is 4.72. The lowest BCUT2D eigenvalue weighted by Crippen LogP contribution is -2.47. The average Bonchev–Trinajstić information content (AvgIpc) is 3.58. The van der Waals surface area contributed by atoms with Gasteiger partial charge in [-0.3, -0.25) is 14.4 Å². The van der Waals surface area contributed by atoms with Gasteiger partial charge in [-0.2, -0.15) is 5.10 Å².